The van der Waals surface area contributed by atoms with Crippen LogP contribution in [0.15, 0.2) is 54.6 Å². The molecule has 0 radical (unpaired) electrons. The van der Waals surface area contributed by atoms with Gasteiger partial charge in [-0.1, -0.05) is 5.69 Å². The van der Waals surface area contributed by atoms with Crippen LogP contribution in [-0.2, 0) is 17.1 Å². The number of piperazine rings is 1. The molecule has 2 aromatic carbocycles. The van der Waals surface area contributed by atoms with Gasteiger partial charge in [0, 0.05) is 26.2 Å². The molecular formula is C14H18FeN2. The zero-order valence-corrected chi connectivity index (χ0v) is 10.9. The maximum absolute atomic E-state index is 3.33. The smallest absolute Gasteiger partial charge is 0.421 e. The van der Waals surface area contributed by atoms with Gasteiger partial charge in [-0.15, -0.1) is 0 Å². The van der Waals surface area contributed by atoms with Gasteiger partial charge >= 0.3 is 17.1 Å². The predicted molar refractivity (Wildman–Crippen MR) is 69.2 cm³/mol. The van der Waals surface area contributed by atoms with Gasteiger partial charge in [-0.05, 0) is 0 Å². The van der Waals surface area contributed by atoms with Crippen molar-refractivity contribution >= 4 is 5.69 Å². The Balaban J connectivity index is 0.000000205. The Morgan fingerprint density at radius 1 is 0.941 bits per heavy atom. The van der Waals surface area contributed by atoms with E-state index in [1.54, 1.807) is 0 Å². The van der Waals surface area contributed by atoms with Crippen LogP contribution in [-0.4, -0.2) is 26.2 Å². The van der Waals surface area contributed by atoms with Crippen LogP contribution in [0, 0.1) is 0 Å². The Kier molecular flexibility index (Phi) is 6.71. The molecule has 0 saturated carbocycles. The summed E-state index contributed by atoms with van der Waals surface area (Å²) in [7, 11) is 0. The molecule has 2 aromatic rings. The van der Waals surface area contributed by atoms with Crippen LogP contribution in [0.4, 0.5) is 5.69 Å². The number of nitrogens with zero attached hydrogens (tertiary/aromatic N) is 1. The minimum Gasteiger partial charge on any atom is -0.421 e. The van der Waals surface area contributed by atoms with Crippen LogP contribution < -0.4 is 10.2 Å². The van der Waals surface area contributed by atoms with E-state index in [0.29, 0.717) is 0 Å². The molecule has 0 bridgehead atoms. The molecule has 17 heavy (non-hydrogen) atoms. The van der Waals surface area contributed by atoms with Gasteiger partial charge in [0.15, 0.2) is 0 Å². The van der Waals surface area contributed by atoms with Crippen LogP contribution in [0.1, 0.15) is 0 Å². The fourth-order valence-corrected chi connectivity index (χ4v) is 1.82. The first-order valence-corrected chi connectivity index (χ1v) is 5.81. The molecule has 3 heteroatoms. The second-order valence-corrected chi connectivity index (χ2v) is 3.84. The Hall–Kier alpha value is -1.02. The van der Waals surface area contributed by atoms with Gasteiger partial charge in [-0.3, -0.25) is 0 Å². The minimum absolute atomic E-state index is 0. The van der Waals surface area contributed by atoms with E-state index >= 15 is 0 Å². The minimum atomic E-state index is 0. The zero-order chi connectivity index (χ0) is 11.1. The van der Waals surface area contributed by atoms with E-state index in [-0.39, 0.29) is 17.1 Å². The normalized spacial score (nSPS) is 14.5. The van der Waals surface area contributed by atoms with Crippen molar-refractivity contribution in [2.24, 2.45) is 0 Å². The van der Waals surface area contributed by atoms with Gasteiger partial charge in [-0.2, -0.15) is 30.3 Å². The topological polar surface area (TPSA) is 15.3 Å². The average Bonchev–Trinajstić information content (AvgIpc) is 3.07. The third-order valence-electron chi connectivity index (χ3n) is 2.68. The third-order valence-corrected chi connectivity index (χ3v) is 2.68. The van der Waals surface area contributed by atoms with Crippen LogP contribution in [0.25, 0.3) is 0 Å². The van der Waals surface area contributed by atoms with E-state index in [1.165, 1.54) is 5.69 Å². The molecule has 0 aromatic heterocycles. The monoisotopic (exact) mass is 270 g/mol. The summed E-state index contributed by atoms with van der Waals surface area (Å²) in [5, 5.41) is 3.33. The molecule has 1 fully saturated rings. The fraction of sp³-hybridized carbons (Fsp3) is 0.286. The average molecular weight is 270 g/mol. The molecule has 1 aliphatic rings. The number of rotatable bonds is 1. The summed E-state index contributed by atoms with van der Waals surface area (Å²) in [5.74, 6) is 0. The van der Waals surface area contributed by atoms with Gasteiger partial charge in [0.05, 0.1) is 0 Å². The van der Waals surface area contributed by atoms with Gasteiger partial charge < -0.3 is 10.2 Å². The molecule has 2 nitrogen and oxygen atoms in total. The maximum atomic E-state index is 3.33. The first-order valence-electron chi connectivity index (χ1n) is 5.81. The summed E-state index contributed by atoms with van der Waals surface area (Å²) >= 11 is 0. The van der Waals surface area contributed by atoms with Crippen molar-refractivity contribution in [2.75, 3.05) is 31.1 Å². The van der Waals surface area contributed by atoms with Crippen LogP contribution in [0.5, 0.6) is 0 Å². The summed E-state index contributed by atoms with van der Waals surface area (Å²) in [6.45, 7) is 4.52. The van der Waals surface area contributed by atoms with Gasteiger partial charge in [0.2, 0.25) is 0 Å². The fourth-order valence-electron chi connectivity index (χ4n) is 1.82. The van der Waals surface area contributed by atoms with E-state index in [1.807, 2.05) is 30.3 Å². The van der Waals surface area contributed by atoms with Crippen LogP contribution in [0.2, 0.25) is 0 Å². The molecule has 0 unspecified atom stereocenters. The maximum Gasteiger partial charge on any atom is 2.00 e. The number of nitrogens with one attached hydrogen (secondary N) is 1. The molecular weight excluding hydrogens is 252 g/mol. The molecule has 0 spiro atoms. The standard InChI is InChI=1S/C9H13N2.C5H5.Fe/c1-2-4-9(3-1)11-7-5-10-6-8-11;1-2-4-5-3-1;/h1-4,10H,5-8H2;1-5H;/q2*-1;+2. The van der Waals surface area contributed by atoms with Crippen LogP contribution in [0.3, 0.4) is 0 Å². The van der Waals surface area contributed by atoms with Gasteiger partial charge in [-0.25, -0.2) is 24.3 Å². The first-order chi connectivity index (χ1) is 7.97. The molecule has 92 valence electrons. The number of anilines is 1. The summed E-state index contributed by atoms with van der Waals surface area (Å²) in [4.78, 5) is 2.41. The van der Waals surface area contributed by atoms with E-state index in [9.17, 15) is 0 Å². The Bertz CT molecular complexity index is 330. The van der Waals surface area contributed by atoms with Gasteiger partial charge in [0.1, 0.15) is 0 Å². The largest absolute Gasteiger partial charge is 2.00 e. The Labute approximate surface area is 114 Å². The van der Waals surface area contributed by atoms with Crippen molar-refractivity contribution in [1.82, 2.24) is 5.32 Å². The Morgan fingerprint density at radius 3 is 2.00 bits per heavy atom. The Morgan fingerprint density at radius 2 is 1.53 bits per heavy atom. The molecule has 3 rings (SSSR count). The summed E-state index contributed by atoms with van der Waals surface area (Å²) in [6, 6.07) is 18.5. The second-order valence-electron chi connectivity index (χ2n) is 3.84. The number of hydrogen-bond acceptors (Lipinski definition) is 2. The molecule has 1 N–H and O–H groups in total. The summed E-state index contributed by atoms with van der Waals surface area (Å²) in [5.41, 5.74) is 1.37. The molecule has 1 aliphatic heterocycles. The third kappa shape index (κ3) is 4.78. The zero-order valence-electron chi connectivity index (χ0n) is 9.83. The first kappa shape index (κ1) is 14.0. The van der Waals surface area contributed by atoms with E-state index < -0.39 is 0 Å². The quantitative estimate of drug-likeness (QED) is 0.631. The molecule has 1 saturated heterocycles. The molecule has 0 aliphatic carbocycles. The predicted octanol–water partition coefficient (Wildman–Crippen LogP) is 2.22. The van der Waals surface area contributed by atoms with Crippen molar-refractivity contribution < 1.29 is 17.1 Å². The molecule has 0 amide bonds. The van der Waals surface area contributed by atoms with E-state index in [4.69, 9.17) is 0 Å². The second kappa shape index (κ2) is 8.13. The molecule has 1 heterocycles. The van der Waals surface area contributed by atoms with Crippen molar-refractivity contribution in [3.05, 3.63) is 54.6 Å². The summed E-state index contributed by atoms with van der Waals surface area (Å²) < 4.78 is 0. The van der Waals surface area contributed by atoms with Crippen molar-refractivity contribution in [3.8, 4) is 0 Å². The van der Waals surface area contributed by atoms with Gasteiger partial charge in [0.25, 0.3) is 0 Å². The van der Waals surface area contributed by atoms with Crippen molar-refractivity contribution in [1.29, 1.82) is 0 Å². The van der Waals surface area contributed by atoms with E-state index in [2.05, 4.69) is 34.5 Å². The number of hydrogen-bond donors (Lipinski definition) is 1. The van der Waals surface area contributed by atoms with Crippen LogP contribution >= 0.6 is 0 Å². The van der Waals surface area contributed by atoms with Crippen molar-refractivity contribution in [3.63, 3.8) is 0 Å². The molecule has 0 atom stereocenters. The SMILES string of the molecule is [Fe+2].c1cc[c-](N2CCNCC2)c1.c1cc[cH-]c1. The van der Waals surface area contributed by atoms with E-state index in [0.717, 1.165) is 26.2 Å². The summed E-state index contributed by atoms with van der Waals surface area (Å²) in [6.07, 6.45) is 0. The van der Waals surface area contributed by atoms with Crippen molar-refractivity contribution in [2.45, 2.75) is 0 Å².